The van der Waals surface area contributed by atoms with Gasteiger partial charge in [-0.3, -0.25) is 0 Å². The van der Waals surface area contributed by atoms with E-state index in [0.717, 1.165) is 0 Å². The molecule has 19 heavy (non-hydrogen) atoms. The lowest BCUT2D eigenvalue weighted by Crippen LogP contribution is -2.53. The third kappa shape index (κ3) is 5.16. The van der Waals surface area contributed by atoms with Crippen molar-refractivity contribution in [2.24, 2.45) is 0 Å². The van der Waals surface area contributed by atoms with Crippen LogP contribution in [-0.4, -0.2) is 68.0 Å². The standard InChI is InChI=1S/C11H22ClN3O3S/c1-2-13-11(16)14-6-8-15(9-7-14)19(17,18)10-4-3-5-12/h2-10H2,1H3,(H,13,16). The number of unbranched alkanes of at least 4 members (excludes halogenated alkanes) is 1. The molecule has 1 aliphatic heterocycles. The smallest absolute Gasteiger partial charge is 0.317 e. The number of nitrogens with zero attached hydrogens (tertiary/aromatic N) is 2. The molecule has 0 radical (unpaired) electrons. The van der Waals surface area contributed by atoms with Gasteiger partial charge in [-0.2, -0.15) is 4.31 Å². The number of alkyl halides is 1. The number of piperazine rings is 1. The molecular formula is C11H22ClN3O3S. The average molecular weight is 312 g/mol. The van der Waals surface area contributed by atoms with Crippen LogP contribution < -0.4 is 5.32 Å². The quantitative estimate of drug-likeness (QED) is 0.579. The second kappa shape index (κ2) is 7.91. The molecule has 0 atom stereocenters. The maximum atomic E-state index is 12.0. The minimum Gasteiger partial charge on any atom is -0.338 e. The number of halogens is 1. The van der Waals surface area contributed by atoms with Gasteiger partial charge in [0, 0.05) is 38.6 Å². The second-order valence-electron chi connectivity index (χ2n) is 4.43. The molecule has 112 valence electrons. The van der Waals surface area contributed by atoms with E-state index in [1.54, 1.807) is 4.90 Å². The van der Waals surface area contributed by atoms with Gasteiger partial charge in [0.2, 0.25) is 10.0 Å². The van der Waals surface area contributed by atoms with Gasteiger partial charge < -0.3 is 10.2 Å². The molecule has 0 spiro atoms. The summed E-state index contributed by atoms with van der Waals surface area (Å²) in [7, 11) is -3.20. The van der Waals surface area contributed by atoms with Crippen LogP contribution in [0.5, 0.6) is 0 Å². The predicted octanol–water partition coefficient (Wildman–Crippen LogP) is 0.682. The first-order valence-electron chi connectivity index (χ1n) is 6.58. The van der Waals surface area contributed by atoms with Gasteiger partial charge in [0.1, 0.15) is 0 Å². The molecule has 0 bridgehead atoms. The van der Waals surface area contributed by atoms with Crippen molar-refractivity contribution in [2.75, 3.05) is 44.4 Å². The van der Waals surface area contributed by atoms with Gasteiger partial charge >= 0.3 is 6.03 Å². The molecule has 1 heterocycles. The first kappa shape index (κ1) is 16.5. The van der Waals surface area contributed by atoms with E-state index in [1.165, 1.54) is 4.31 Å². The topological polar surface area (TPSA) is 69.7 Å². The zero-order chi connectivity index (χ0) is 14.3. The lowest BCUT2D eigenvalue weighted by atomic mass is 10.4. The highest BCUT2D eigenvalue weighted by Crippen LogP contribution is 2.10. The number of sulfonamides is 1. The van der Waals surface area contributed by atoms with E-state index < -0.39 is 10.0 Å². The Labute approximate surface area is 120 Å². The van der Waals surface area contributed by atoms with E-state index in [2.05, 4.69) is 5.32 Å². The molecule has 1 saturated heterocycles. The van der Waals surface area contributed by atoms with Gasteiger partial charge in [0.25, 0.3) is 0 Å². The van der Waals surface area contributed by atoms with Crippen molar-refractivity contribution in [3.8, 4) is 0 Å². The molecule has 6 nitrogen and oxygen atoms in total. The van der Waals surface area contributed by atoms with Crippen LogP contribution in [0.4, 0.5) is 4.79 Å². The number of amides is 2. The molecule has 0 aromatic carbocycles. The van der Waals surface area contributed by atoms with Crippen molar-refractivity contribution in [2.45, 2.75) is 19.8 Å². The summed E-state index contributed by atoms with van der Waals surface area (Å²) in [6.45, 7) is 4.08. The van der Waals surface area contributed by atoms with Crippen LogP contribution in [-0.2, 0) is 10.0 Å². The summed E-state index contributed by atoms with van der Waals surface area (Å²) in [5.74, 6) is 0.626. The van der Waals surface area contributed by atoms with Crippen molar-refractivity contribution >= 4 is 27.7 Å². The van der Waals surface area contributed by atoms with Crippen LogP contribution in [0.3, 0.4) is 0 Å². The minimum atomic E-state index is -3.20. The fourth-order valence-electron chi connectivity index (χ4n) is 1.94. The fraction of sp³-hybridized carbons (Fsp3) is 0.909. The molecule has 1 rings (SSSR count). The van der Waals surface area contributed by atoms with E-state index in [4.69, 9.17) is 11.6 Å². The molecular weight excluding hydrogens is 290 g/mol. The first-order chi connectivity index (χ1) is 9.01. The number of carbonyl (C=O) groups excluding carboxylic acids is 1. The highest BCUT2D eigenvalue weighted by atomic mass is 35.5. The molecule has 0 aromatic heterocycles. The van der Waals surface area contributed by atoms with E-state index in [1.807, 2.05) is 6.92 Å². The number of rotatable bonds is 6. The Morgan fingerprint density at radius 3 is 2.37 bits per heavy atom. The molecule has 0 aliphatic carbocycles. The largest absolute Gasteiger partial charge is 0.338 e. The number of urea groups is 1. The molecule has 0 saturated carbocycles. The summed E-state index contributed by atoms with van der Waals surface area (Å²) >= 11 is 5.54. The summed E-state index contributed by atoms with van der Waals surface area (Å²) in [5.41, 5.74) is 0. The Morgan fingerprint density at radius 1 is 1.21 bits per heavy atom. The number of hydrogen-bond donors (Lipinski definition) is 1. The Bertz CT molecular complexity index is 381. The zero-order valence-electron chi connectivity index (χ0n) is 11.3. The number of hydrogen-bond acceptors (Lipinski definition) is 3. The highest BCUT2D eigenvalue weighted by molar-refractivity contribution is 7.89. The van der Waals surface area contributed by atoms with Crippen molar-refractivity contribution in [3.05, 3.63) is 0 Å². The Balaban J connectivity index is 2.42. The summed E-state index contributed by atoms with van der Waals surface area (Å²) in [6, 6.07) is -0.123. The maximum absolute atomic E-state index is 12.0. The molecule has 1 aliphatic rings. The predicted molar refractivity (Wildman–Crippen MR) is 76.0 cm³/mol. The number of nitrogens with one attached hydrogen (secondary N) is 1. The SMILES string of the molecule is CCNC(=O)N1CCN(S(=O)(=O)CCCCCl)CC1. The third-order valence-electron chi connectivity index (χ3n) is 3.03. The van der Waals surface area contributed by atoms with E-state index >= 15 is 0 Å². The van der Waals surface area contributed by atoms with Crippen LogP contribution in [0.2, 0.25) is 0 Å². The van der Waals surface area contributed by atoms with Crippen molar-refractivity contribution in [1.82, 2.24) is 14.5 Å². The third-order valence-corrected chi connectivity index (χ3v) is 5.26. The van der Waals surface area contributed by atoms with E-state index in [0.29, 0.717) is 51.4 Å². The van der Waals surface area contributed by atoms with E-state index in [9.17, 15) is 13.2 Å². The normalized spacial score (nSPS) is 17.5. The van der Waals surface area contributed by atoms with Crippen LogP contribution in [0, 0.1) is 0 Å². The molecule has 0 aromatic rings. The van der Waals surface area contributed by atoms with Crippen LogP contribution in [0.25, 0.3) is 0 Å². The van der Waals surface area contributed by atoms with Gasteiger partial charge in [-0.1, -0.05) is 0 Å². The minimum absolute atomic E-state index is 0.123. The molecule has 1 fully saturated rings. The van der Waals surface area contributed by atoms with E-state index in [-0.39, 0.29) is 11.8 Å². The van der Waals surface area contributed by atoms with Gasteiger partial charge in [-0.15, -0.1) is 11.6 Å². The van der Waals surface area contributed by atoms with Crippen molar-refractivity contribution < 1.29 is 13.2 Å². The zero-order valence-corrected chi connectivity index (χ0v) is 12.8. The molecule has 2 amide bonds. The molecule has 8 heteroatoms. The molecule has 0 unspecified atom stereocenters. The van der Waals surface area contributed by atoms with Crippen LogP contribution >= 0.6 is 11.6 Å². The van der Waals surface area contributed by atoms with Gasteiger partial charge in [0.15, 0.2) is 0 Å². The Morgan fingerprint density at radius 2 is 1.84 bits per heavy atom. The van der Waals surface area contributed by atoms with Gasteiger partial charge in [-0.05, 0) is 19.8 Å². The maximum Gasteiger partial charge on any atom is 0.317 e. The summed E-state index contributed by atoms with van der Waals surface area (Å²) in [6.07, 6.45) is 1.29. The monoisotopic (exact) mass is 311 g/mol. The van der Waals surface area contributed by atoms with Gasteiger partial charge in [-0.25, -0.2) is 13.2 Å². The summed E-state index contributed by atoms with van der Waals surface area (Å²) < 4.78 is 25.5. The van der Waals surface area contributed by atoms with Crippen LogP contribution in [0.15, 0.2) is 0 Å². The van der Waals surface area contributed by atoms with Crippen molar-refractivity contribution in [3.63, 3.8) is 0 Å². The Kier molecular flexibility index (Phi) is 6.88. The lowest BCUT2D eigenvalue weighted by Gasteiger charge is -2.33. The van der Waals surface area contributed by atoms with Crippen molar-refractivity contribution in [1.29, 1.82) is 0 Å². The average Bonchev–Trinajstić information content (AvgIpc) is 2.39. The summed E-state index contributed by atoms with van der Waals surface area (Å²) in [5, 5.41) is 2.72. The Hall–Kier alpha value is -0.530. The van der Waals surface area contributed by atoms with Gasteiger partial charge in [0.05, 0.1) is 5.75 Å². The lowest BCUT2D eigenvalue weighted by molar-refractivity contribution is 0.173. The fourth-order valence-corrected chi connectivity index (χ4v) is 3.68. The number of carbonyl (C=O) groups is 1. The first-order valence-corrected chi connectivity index (χ1v) is 8.72. The highest BCUT2D eigenvalue weighted by Gasteiger charge is 2.28. The second-order valence-corrected chi connectivity index (χ2v) is 6.90. The summed E-state index contributed by atoms with van der Waals surface area (Å²) in [4.78, 5) is 13.2. The van der Waals surface area contributed by atoms with Crippen LogP contribution in [0.1, 0.15) is 19.8 Å². The molecule has 1 N–H and O–H groups in total.